The fraction of sp³-hybridized carbons (Fsp3) is 0.385. The lowest BCUT2D eigenvalue weighted by Crippen LogP contribution is -1.99. The fourth-order valence-corrected chi connectivity index (χ4v) is 0.247. The lowest BCUT2D eigenvalue weighted by Gasteiger charge is -1.86. The van der Waals surface area contributed by atoms with Crippen LogP contribution in [-0.2, 0) is 9.59 Å². The van der Waals surface area contributed by atoms with Gasteiger partial charge >= 0.3 is 11.9 Å². The van der Waals surface area contributed by atoms with E-state index >= 15 is 0 Å². The van der Waals surface area contributed by atoms with Gasteiger partial charge in [-0.1, -0.05) is 11.1 Å². The van der Waals surface area contributed by atoms with Crippen molar-refractivity contribution >= 4 is 11.9 Å². The van der Waals surface area contributed by atoms with Crippen LogP contribution < -0.4 is 0 Å². The normalized spacial score (nSPS) is 8.88. The topological polar surface area (TPSA) is 74.6 Å². The van der Waals surface area contributed by atoms with Crippen molar-refractivity contribution in [1.29, 1.82) is 0 Å². The second-order valence-corrected chi connectivity index (χ2v) is 3.88. The summed E-state index contributed by atoms with van der Waals surface area (Å²) < 4.78 is 0. The van der Waals surface area contributed by atoms with Gasteiger partial charge in [0.25, 0.3) is 0 Å². The predicted molar refractivity (Wildman–Crippen MR) is 70.0 cm³/mol. The molecule has 0 aliphatic carbocycles. The maximum Gasteiger partial charge on any atom is 0.331 e. The molecule has 4 nitrogen and oxygen atoms in total. The molecule has 0 radical (unpaired) electrons. The quantitative estimate of drug-likeness (QED) is 0.575. The van der Waals surface area contributed by atoms with Gasteiger partial charge in [0.1, 0.15) is 0 Å². The van der Waals surface area contributed by atoms with Gasteiger partial charge in [-0.05, 0) is 34.6 Å². The maximum atomic E-state index is 9.90. The Balaban J connectivity index is -0.000000205. The monoisotopic (exact) mass is 242 g/mol. The van der Waals surface area contributed by atoms with Crippen molar-refractivity contribution in [3.63, 3.8) is 0 Å². The van der Waals surface area contributed by atoms with Gasteiger partial charge in [-0.15, -0.1) is 13.2 Å². The van der Waals surface area contributed by atoms with Crippen LogP contribution in [0, 0.1) is 0 Å². The van der Waals surface area contributed by atoms with Crippen molar-refractivity contribution in [2.45, 2.75) is 34.6 Å². The van der Waals surface area contributed by atoms with E-state index in [2.05, 4.69) is 13.2 Å². The lowest BCUT2D eigenvalue weighted by atomic mass is 10.3. The number of carbonyl (C=O) groups is 2. The minimum atomic E-state index is -1.24. The molecule has 0 amide bonds. The summed E-state index contributed by atoms with van der Waals surface area (Å²) in [5.41, 5.74) is 2.16. The van der Waals surface area contributed by atoms with E-state index in [0.717, 1.165) is 0 Å². The number of hydrogen-bond donors (Lipinski definition) is 2. The molecule has 0 aromatic heterocycles. The molecule has 0 atom stereocenters. The number of aliphatic carboxylic acids is 2. The zero-order valence-corrected chi connectivity index (χ0v) is 11.2. The van der Waals surface area contributed by atoms with Gasteiger partial charge in [-0.2, -0.15) is 0 Å². The molecule has 0 aliphatic heterocycles. The Kier molecular flexibility index (Phi) is 14.8. The highest BCUT2D eigenvalue weighted by Crippen LogP contribution is 1.89. The molecule has 0 saturated heterocycles. The number of carboxylic acids is 2. The Bertz CT molecular complexity index is 291. The van der Waals surface area contributed by atoms with E-state index in [1.807, 2.05) is 27.7 Å². The maximum absolute atomic E-state index is 9.90. The Morgan fingerprint density at radius 1 is 0.882 bits per heavy atom. The van der Waals surface area contributed by atoms with Crippen LogP contribution in [0.5, 0.6) is 0 Å². The first-order valence-corrected chi connectivity index (χ1v) is 4.89. The summed E-state index contributed by atoms with van der Waals surface area (Å²) in [5.74, 6) is -2.45. The van der Waals surface area contributed by atoms with Crippen LogP contribution in [0.3, 0.4) is 0 Å². The zero-order valence-electron chi connectivity index (χ0n) is 11.2. The standard InChI is InChI=1S/C5H6O4.2C4H8/c1-3(5(8)9)2-4(6)7;2*1-4(2)3/h2H,1H3,(H,6,7)(H,8,9);2*1H2,2-3H3/b3-2-;;. The number of carboxylic acid groups (broad SMARTS) is 2. The first-order chi connectivity index (χ1) is 7.50. The molecule has 0 saturated carbocycles. The second-order valence-electron chi connectivity index (χ2n) is 3.88. The molecule has 0 bridgehead atoms. The average Bonchev–Trinajstić information content (AvgIpc) is 1.99. The van der Waals surface area contributed by atoms with E-state index in [4.69, 9.17) is 10.2 Å². The summed E-state index contributed by atoms with van der Waals surface area (Å²) in [6.45, 7) is 16.2. The van der Waals surface area contributed by atoms with Crippen LogP contribution in [0.1, 0.15) is 34.6 Å². The summed E-state index contributed by atoms with van der Waals surface area (Å²) in [7, 11) is 0. The minimum Gasteiger partial charge on any atom is -0.478 e. The van der Waals surface area contributed by atoms with E-state index in [1.54, 1.807) is 0 Å². The van der Waals surface area contributed by atoms with Crippen LogP contribution in [-0.4, -0.2) is 22.2 Å². The van der Waals surface area contributed by atoms with E-state index < -0.39 is 11.9 Å². The SMILES string of the molecule is C/C(=C/C(=O)O)C(=O)O.C=C(C)C.C=C(C)C. The predicted octanol–water partition coefficient (Wildman–Crippen LogP) is 3.27. The average molecular weight is 242 g/mol. The molecule has 0 unspecified atom stereocenters. The highest BCUT2D eigenvalue weighted by Gasteiger charge is 2.00. The number of rotatable bonds is 2. The molecule has 0 rings (SSSR count). The summed E-state index contributed by atoms with van der Waals surface area (Å²) in [4.78, 5) is 19.7. The molecule has 0 aliphatic rings. The van der Waals surface area contributed by atoms with E-state index in [-0.39, 0.29) is 5.57 Å². The van der Waals surface area contributed by atoms with Crippen LogP contribution in [0.4, 0.5) is 0 Å². The molecule has 0 heterocycles. The highest BCUT2D eigenvalue weighted by atomic mass is 16.4. The van der Waals surface area contributed by atoms with Gasteiger partial charge in [0, 0.05) is 11.6 Å². The van der Waals surface area contributed by atoms with Crippen LogP contribution in [0.2, 0.25) is 0 Å². The molecule has 0 spiro atoms. The van der Waals surface area contributed by atoms with Crippen molar-refractivity contribution in [3.05, 3.63) is 36.0 Å². The smallest absolute Gasteiger partial charge is 0.331 e. The third kappa shape index (κ3) is 55.2. The third-order valence-corrected chi connectivity index (χ3v) is 0.677. The first kappa shape index (κ1) is 20.6. The van der Waals surface area contributed by atoms with Gasteiger partial charge in [0.05, 0.1) is 0 Å². The molecule has 4 heteroatoms. The van der Waals surface area contributed by atoms with Crippen molar-refractivity contribution in [1.82, 2.24) is 0 Å². The van der Waals surface area contributed by atoms with E-state index in [9.17, 15) is 9.59 Å². The van der Waals surface area contributed by atoms with Crippen LogP contribution in [0.15, 0.2) is 36.0 Å². The Labute approximate surface area is 103 Å². The Hall–Kier alpha value is -1.84. The first-order valence-electron chi connectivity index (χ1n) is 4.89. The number of allylic oxidation sites excluding steroid dienone is 2. The third-order valence-electron chi connectivity index (χ3n) is 0.677. The summed E-state index contributed by atoms with van der Waals surface area (Å²) >= 11 is 0. The summed E-state index contributed by atoms with van der Waals surface area (Å²) in [6, 6.07) is 0. The fourth-order valence-electron chi connectivity index (χ4n) is 0.247. The van der Waals surface area contributed by atoms with Gasteiger partial charge in [-0.25, -0.2) is 9.59 Å². The Morgan fingerprint density at radius 2 is 1.12 bits per heavy atom. The summed E-state index contributed by atoms with van der Waals surface area (Å²) in [5, 5.41) is 16.1. The molecule has 98 valence electrons. The molecular weight excluding hydrogens is 220 g/mol. The minimum absolute atomic E-state index is 0.178. The Morgan fingerprint density at radius 3 is 1.18 bits per heavy atom. The summed E-state index contributed by atoms with van der Waals surface area (Å²) in [6.07, 6.45) is 0.641. The van der Waals surface area contributed by atoms with E-state index in [1.165, 1.54) is 18.1 Å². The molecule has 0 aromatic carbocycles. The second kappa shape index (κ2) is 12.2. The van der Waals surface area contributed by atoms with Crippen molar-refractivity contribution in [3.8, 4) is 0 Å². The van der Waals surface area contributed by atoms with Gasteiger partial charge in [0.15, 0.2) is 0 Å². The van der Waals surface area contributed by atoms with Crippen LogP contribution in [0.25, 0.3) is 0 Å². The molecular formula is C13H22O4. The van der Waals surface area contributed by atoms with Gasteiger partial charge < -0.3 is 10.2 Å². The van der Waals surface area contributed by atoms with Gasteiger partial charge in [0.2, 0.25) is 0 Å². The zero-order chi connectivity index (χ0) is 14.6. The van der Waals surface area contributed by atoms with Crippen LogP contribution >= 0.6 is 0 Å². The largest absolute Gasteiger partial charge is 0.478 e. The molecule has 17 heavy (non-hydrogen) atoms. The number of hydrogen-bond acceptors (Lipinski definition) is 2. The molecule has 2 N–H and O–H groups in total. The molecule has 0 aromatic rings. The van der Waals surface area contributed by atoms with Crippen molar-refractivity contribution < 1.29 is 19.8 Å². The van der Waals surface area contributed by atoms with E-state index in [0.29, 0.717) is 6.08 Å². The van der Waals surface area contributed by atoms with Gasteiger partial charge in [-0.3, -0.25) is 0 Å². The lowest BCUT2D eigenvalue weighted by molar-refractivity contribution is -0.135. The van der Waals surface area contributed by atoms with Crippen molar-refractivity contribution in [2.24, 2.45) is 0 Å². The van der Waals surface area contributed by atoms with Crippen molar-refractivity contribution in [2.75, 3.05) is 0 Å². The molecule has 0 fully saturated rings. The highest BCUT2D eigenvalue weighted by molar-refractivity contribution is 5.93.